The first kappa shape index (κ1) is 20.9. The van der Waals surface area contributed by atoms with Crippen molar-refractivity contribution in [2.45, 2.75) is 0 Å². The van der Waals surface area contributed by atoms with E-state index in [2.05, 4.69) is 47.9 Å². The van der Waals surface area contributed by atoms with Crippen molar-refractivity contribution in [3.63, 3.8) is 0 Å². The van der Waals surface area contributed by atoms with Gasteiger partial charge in [0.15, 0.2) is 11.5 Å². The van der Waals surface area contributed by atoms with Crippen LogP contribution in [0.4, 0.5) is 0 Å². The van der Waals surface area contributed by atoms with E-state index in [-0.39, 0.29) is 0 Å². The average molecular weight is 418 g/mol. The molecule has 32 heavy (non-hydrogen) atoms. The molecule has 0 aromatic heterocycles. The van der Waals surface area contributed by atoms with Crippen molar-refractivity contribution < 1.29 is 14.2 Å². The summed E-state index contributed by atoms with van der Waals surface area (Å²) >= 11 is 0. The van der Waals surface area contributed by atoms with E-state index < -0.39 is 0 Å². The molecule has 4 rings (SSSR count). The third-order valence-corrected chi connectivity index (χ3v) is 5.00. The third-order valence-electron chi connectivity index (χ3n) is 5.00. The standard InChI is InChI=1S/C29H22O3/c1-30-27-6-4-5-21(19-27)7-8-22-11-14-26-18-23(12-15-25(26)17-22)9-10-24-13-16-28(31-2)29(20-24)32-3/h4-6,11-20H,1-3H3. The molecule has 156 valence electrons. The highest BCUT2D eigenvalue weighted by Crippen LogP contribution is 2.27. The maximum absolute atomic E-state index is 5.35. The van der Waals surface area contributed by atoms with Crippen molar-refractivity contribution in [1.82, 2.24) is 0 Å². The van der Waals surface area contributed by atoms with Gasteiger partial charge in [-0.05, 0) is 71.4 Å². The molecule has 0 aliphatic heterocycles. The van der Waals surface area contributed by atoms with Crippen molar-refractivity contribution in [3.8, 4) is 40.9 Å². The number of hydrogen-bond acceptors (Lipinski definition) is 3. The molecule has 0 spiro atoms. The Labute approximate surface area is 188 Å². The zero-order valence-electron chi connectivity index (χ0n) is 18.2. The molecule has 3 nitrogen and oxygen atoms in total. The van der Waals surface area contributed by atoms with E-state index in [1.807, 2.05) is 54.6 Å². The van der Waals surface area contributed by atoms with E-state index in [0.29, 0.717) is 11.5 Å². The first-order chi connectivity index (χ1) is 15.7. The summed E-state index contributed by atoms with van der Waals surface area (Å²) in [5, 5.41) is 2.25. The Morgan fingerprint density at radius 1 is 0.469 bits per heavy atom. The zero-order chi connectivity index (χ0) is 22.3. The van der Waals surface area contributed by atoms with Gasteiger partial charge in [-0.15, -0.1) is 0 Å². The van der Waals surface area contributed by atoms with Crippen LogP contribution in [0.3, 0.4) is 0 Å². The molecule has 4 aromatic rings. The lowest BCUT2D eigenvalue weighted by Gasteiger charge is -2.06. The SMILES string of the molecule is COc1cccc(C#Cc2ccc3cc(C#Cc4ccc(OC)c(OC)c4)ccc3c2)c1. The van der Waals surface area contributed by atoms with Crippen LogP contribution >= 0.6 is 0 Å². The van der Waals surface area contributed by atoms with Crippen LogP contribution in [0, 0.1) is 23.7 Å². The molecule has 0 bridgehead atoms. The molecule has 0 unspecified atom stereocenters. The van der Waals surface area contributed by atoms with Crippen LogP contribution in [0.2, 0.25) is 0 Å². The minimum Gasteiger partial charge on any atom is -0.497 e. The van der Waals surface area contributed by atoms with Crippen molar-refractivity contribution in [2.75, 3.05) is 21.3 Å². The Morgan fingerprint density at radius 2 is 1.00 bits per heavy atom. The van der Waals surface area contributed by atoms with Crippen LogP contribution in [0.5, 0.6) is 17.2 Å². The average Bonchev–Trinajstić information content (AvgIpc) is 2.85. The lowest BCUT2D eigenvalue weighted by atomic mass is 10.0. The second-order valence-corrected chi connectivity index (χ2v) is 7.08. The molecule has 0 saturated carbocycles. The molecule has 0 fully saturated rings. The topological polar surface area (TPSA) is 27.7 Å². The van der Waals surface area contributed by atoms with E-state index in [1.54, 1.807) is 21.3 Å². The highest BCUT2D eigenvalue weighted by Gasteiger charge is 2.03. The highest BCUT2D eigenvalue weighted by atomic mass is 16.5. The Morgan fingerprint density at radius 3 is 1.56 bits per heavy atom. The minimum absolute atomic E-state index is 0.667. The molecule has 0 heterocycles. The Bertz CT molecular complexity index is 1390. The monoisotopic (exact) mass is 418 g/mol. The summed E-state index contributed by atoms with van der Waals surface area (Å²) in [4.78, 5) is 0. The zero-order valence-corrected chi connectivity index (χ0v) is 18.2. The lowest BCUT2D eigenvalue weighted by molar-refractivity contribution is 0.355. The van der Waals surface area contributed by atoms with Gasteiger partial charge >= 0.3 is 0 Å². The van der Waals surface area contributed by atoms with Gasteiger partial charge in [0.2, 0.25) is 0 Å². The predicted octanol–water partition coefficient (Wildman–Crippen LogP) is 5.67. The third kappa shape index (κ3) is 4.86. The maximum Gasteiger partial charge on any atom is 0.161 e. The van der Waals surface area contributed by atoms with Gasteiger partial charge in [0.25, 0.3) is 0 Å². The number of fused-ring (bicyclic) bond motifs is 1. The molecule has 4 aromatic carbocycles. The number of methoxy groups -OCH3 is 3. The fourth-order valence-corrected chi connectivity index (χ4v) is 3.30. The van der Waals surface area contributed by atoms with Gasteiger partial charge < -0.3 is 14.2 Å². The molecule has 3 heteroatoms. The quantitative estimate of drug-likeness (QED) is 0.402. The summed E-state index contributed by atoms with van der Waals surface area (Å²) in [6, 6.07) is 25.8. The van der Waals surface area contributed by atoms with Gasteiger partial charge in [-0.1, -0.05) is 41.9 Å². The van der Waals surface area contributed by atoms with Crippen LogP contribution < -0.4 is 14.2 Å². The molecular weight excluding hydrogens is 396 g/mol. The van der Waals surface area contributed by atoms with Crippen LogP contribution in [0.1, 0.15) is 22.3 Å². The highest BCUT2D eigenvalue weighted by molar-refractivity contribution is 5.85. The smallest absolute Gasteiger partial charge is 0.161 e. The normalized spacial score (nSPS) is 9.84. The molecule has 0 aliphatic rings. The van der Waals surface area contributed by atoms with Gasteiger partial charge in [-0.3, -0.25) is 0 Å². The molecule has 0 radical (unpaired) electrons. The summed E-state index contributed by atoms with van der Waals surface area (Å²) in [7, 11) is 4.89. The van der Waals surface area contributed by atoms with Crippen molar-refractivity contribution in [3.05, 3.63) is 101 Å². The summed E-state index contributed by atoms with van der Waals surface area (Å²) in [5.74, 6) is 15.0. The fourth-order valence-electron chi connectivity index (χ4n) is 3.30. The Kier molecular flexibility index (Phi) is 6.30. The minimum atomic E-state index is 0.667. The predicted molar refractivity (Wildman–Crippen MR) is 128 cm³/mol. The van der Waals surface area contributed by atoms with Crippen molar-refractivity contribution >= 4 is 10.8 Å². The van der Waals surface area contributed by atoms with E-state index in [4.69, 9.17) is 14.2 Å². The second kappa shape index (κ2) is 9.65. The van der Waals surface area contributed by atoms with E-state index in [1.165, 1.54) is 0 Å². The van der Waals surface area contributed by atoms with Crippen molar-refractivity contribution in [2.24, 2.45) is 0 Å². The summed E-state index contributed by atoms with van der Waals surface area (Å²) < 4.78 is 15.9. The van der Waals surface area contributed by atoms with Crippen LogP contribution in [0.15, 0.2) is 78.9 Å². The summed E-state index contributed by atoms with van der Waals surface area (Å²) in [6.07, 6.45) is 0. The van der Waals surface area contributed by atoms with E-state index in [9.17, 15) is 0 Å². The van der Waals surface area contributed by atoms with Crippen molar-refractivity contribution in [1.29, 1.82) is 0 Å². The molecule has 0 amide bonds. The maximum atomic E-state index is 5.35. The largest absolute Gasteiger partial charge is 0.497 e. The van der Waals surface area contributed by atoms with E-state index >= 15 is 0 Å². The number of ether oxygens (including phenoxy) is 3. The van der Waals surface area contributed by atoms with Gasteiger partial charge in [-0.25, -0.2) is 0 Å². The van der Waals surface area contributed by atoms with E-state index in [0.717, 1.165) is 38.8 Å². The molecular formula is C29H22O3. The van der Waals surface area contributed by atoms with Crippen LogP contribution in [0.25, 0.3) is 10.8 Å². The summed E-state index contributed by atoms with van der Waals surface area (Å²) in [5.41, 5.74) is 3.70. The van der Waals surface area contributed by atoms with Gasteiger partial charge in [0.05, 0.1) is 21.3 Å². The fraction of sp³-hybridized carbons (Fsp3) is 0.103. The molecule has 0 aliphatic carbocycles. The van der Waals surface area contributed by atoms with Gasteiger partial charge in [-0.2, -0.15) is 0 Å². The Hall–Kier alpha value is -4.34. The molecule has 0 saturated heterocycles. The number of benzene rings is 4. The summed E-state index contributed by atoms with van der Waals surface area (Å²) in [6.45, 7) is 0. The molecule has 0 atom stereocenters. The number of rotatable bonds is 3. The van der Waals surface area contributed by atoms with Gasteiger partial charge in [0, 0.05) is 22.3 Å². The molecule has 0 N–H and O–H groups in total. The van der Waals surface area contributed by atoms with Crippen LogP contribution in [-0.4, -0.2) is 21.3 Å². The van der Waals surface area contributed by atoms with Crippen LogP contribution in [-0.2, 0) is 0 Å². The first-order valence-corrected chi connectivity index (χ1v) is 10.1. The lowest BCUT2D eigenvalue weighted by Crippen LogP contribution is -1.90. The second-order valence-electron chi connectivity index (χ2n) is 7.08. The number of hydrogen-bond donors (Lipinski definition) is 0. The Balaban J connectivity index is 1.57. The van der Waals surface area contributed by atoms with Gasteiger partial charge in [0.1, 0.15) is 5.75 Å². The first-order valence-electron chi connectivity index (χ1n) is 10.1.